The Kier molecular flexibility index (Phi) is 4.31. The number of urea groups is 1. The highest BCUT2D eigenvalue weighted by atomic mass is 16.2. The number of hydrogen-bond donors (Lipinski definition) is 2. The Morgan fingerprint density at radius 3 is 3.00 bits per heavy atom. The monoisotopic (exact) mass is 305 g/mol. The van der Waals surface area contributed by atoms with Crippen LogP contribution in [0.25, 0.3) is 0 Å². The first-order chi connectivity index (χ1) is 10.7. The van der Waals surface area contributed by atoms with Crippen molar-refractivity contribution >= 4 is 17.6 Å². The molecule has 1 aromatic heterocycles. The fourth-order valence-corrected chi connectivity index (χ4v) is 2.88. The molecule has 2 aliphatic rings. The molecule has 0 unspecified atom stereocenters. The average molecular weight is 305 g/mol. The molecular weight excluding hydrogens is 282 g/mol. The first-order valence-corrected chi connectivity index (χ1v) is 8.02. The van der Waals surface area contributed by atoms with Gasteiger partial charge in [0.1, 0.15) is 0 Å². The zero-order chi connectivity index (χ0) is 15.5. The van der Waals surface area contributed by atoms with Crippen molar-refractivity contribution in [3.8, 4) is 0 Å². The summed E-state index contributed by atoms with van der Waals surface area (Å²) in [6.07, 6.45) is 7.27. The van der Waals surface area contributed by atoms with Gasteiger partial charge in [-0.1, -0.05) is 6.92 Å². The number of hydrogen-bond acceptors (Lipinski definition) is 3. The van der Waals surface area contributed by atoms with Crippen LogP contribution in [-0.2, 0) is 11.3 Å². The summed E-state index contributed by atoms with van der Waals surface area (Å²) in [6.45, 7) is 4.22. The molecule has 0 bridgehead atoms. The number of amides is 3. The summed E-state index contributed by atoms with van der Waals surface area (Å²) < 4.78 is 1.80. The van der Waals surface area contributed by atoms with Gasteiger partial charge in [0.15, 0.2) is 0 Å². The van der Waals surface area contributed by atoms with Gasteiger partial charge in [-0.3, -0.25) is 9.48 Å². The molecule has 3 rings (SSSR count). The van der Waals surface area contributed by atoms with Crippen LogP contribution >= 0.6 is 0 Å². The standard InChI is InChI=1S/C15H23N5O2/c1-2-5-19-10-12(8-17-19)18-15(22)16-7-11-6-14(21)20(9-11)13-3-4-13/h8,10-11,13H,2-7,9H2,1H3,(H2,16,18,22)/t11-/m0/s1. The second-order valence-corrected chi connectivity index (χ2v) is 6.17. The molecule has 2 fully saturated rings. The third-order valence-corrected chi connectivity index (χ3v) is 4.12. The minimum atomic E-state index is -0.242. The Morgan fingerprint density at radius 1 is 1.45 bits per heavy atom. The fourth-order valence-electron chi connectivity index (χ4n) is 2.88. The molecule has 1 saturated heterocycles. The third kappa shape index (κ3) is 3.58. The normalized spacial score (nSPS) is 21.2. The number of aryl methyl sites for hydroxylation is 1. The summed E-state index contributed by atoms with van der Waals surface area (Å²) in [4.78, 5) is 25.7. The number of nitrogens with one attached hydrogen (secondary N) is 2. The molecule has 120 valence electrons. The van der Waals surface area contributed by atoms with Gasteiger partial charge >= 0.3 is 6.03 Å². The smallest absolute Gasteiger partial charge is 0.319 e. The molecule has 7 nitrogen and oxygen atoms in total. The molecule has 1 atom stereocenters. The van der Waals surface area contributed by atoms with Gasteiger partial charge in [-0.05, 0) is 19.3 Å². The maximum atomic E-state index is 11.9. The number of rotatable bonds is 6. The summed E-state index contributed by atoms with van der Waals surface area (Å²) in [5.41, 5.74) is 0.688. The highest BCUT2D eigenvalue weighted by Gasteiger charge is 2.39. The Morgan fingerprint density at radius 2 is 2.27 bits per heavy atom. The zero-order valence-corrected chi connectivity index (χ0v) is 12.9. The van der Waals surface area contributed by atoms with Crippen LogP contribution in [0.4, 0.5) is 10.5 Å². The van der Waals surface area contributed by atoms with E-state index in [1.165, 1.54) is 0 Å². The molecule has 1 saturated carbocycles. The Bertz CT molecular complexity index is 552. The highest BCUT2D eigenvalue weighted by Crippen LogP contribution is 2.32. The summed E-state index contributed by atoms with van der Waals surface area (Å²) in [6, 6.07) is 0.226. The predicted molar refractivity (Wildman–Crippen MR) is 82.4 cm³/mol. The molecule has 1 aromatic rings. The van der Waals surface area contributed by atoms with Crippen molar-refractivity contribution in [3.63, 3.8) is 0 Å². The van der Waals surface area contributed by atoms with Crippen molar-refractivity contribution in [1.82, 2.24) is 20.0 Å². The van der Waals surface area contributed by atoms with Crippen LogP contribution < -0.4 is 10.6 Å². The van der Waals surface area contributed by atoms with E-state index in [1.54, 1.807) is 10.9 Å². The summed E-state index contributed by atoms with van der Waals surface area (Å²) in [5.74, 6) is 0.456. The number of anilines is 1. The van der Waals surface area contributed by atoms with E-state index >= 15 is 0 Å². The van der Waals surface area contributed by atoms with Crippen molar-refractivity contribution in [2.45, 2.75) is 45.2 Å². The second kappa shape index (κ2) is 6.37. The van der Waals surface area contributed by atoms with Crippen molar-refractivity contribution in [2.24, 2.45) is 5.92 Å². The molecule has 22 heavy (non-hydrogen) atoms. The molecule has 2 heterocycles. The van der Waals surface area contributed by atoms with E-state index in [2.05, 4.69) is 22.7 Å². The van der Waals surface area contributed by atoms with E-state index in [-0.39, 0.29) is 17.9 Å². The maximum Gasteiger partial charge on any atom is 0.319 e. The second-order valence-electron chi connectivity index (χ2n) is 6.17. The summed E-state index contributed by atoms with van der Waals surface area (Å²) >= 11 is 0. The average Bonchev–Trinajstić information content (AvgIpc) is 3.13. The van der Waals surface area contributed by atoms with Crippen LogP contribution in [0.2, 0.25) is 0 Å². The number of aromatic nitrogens is 2. The van der Waals surface area contributed by atoms with Gasteiger partial charge in [-0.2, -0.15) is 5.10 Å². The number of carbonyl (C=O) groups is 2. The van der Waals surface area contributed by atoms with Gasteiger partial charge in [-0.15, -0.1) is 0 Å². The molecular formula is C15H23N5O2. The van der Waals surface area contributed by atoms with Gasteiger partial charge < -0.3 is 15.5 Å². The maximum absolute atomic E-state index is 11.9. The van der Waals surface area contributed by atoms with Crippen LogP contribution in [0.1, 0.15) is 32.6 Å². The minimum Gasteiger partial charge on any atom is -0.339 e. The lowest BCUT2D eigenvalue weighted by molar-refractivity contribution is -0.128. The quantitative estimate of drug-likeness (QED) is 0.834. The van der Waals surface area contributed by atoms with Gasteiger partial charge in [0.05, 0.1) is 11.9 Å². The Balaban J connectivity index is 1.41. The topological polar surface area (TPSA) is 79.3 Å². The fraction of sp³-hybridized carbons (Fsp3) is 0.667. The van der Waals surface area contributed by atoms with E-state index in [9.17, 15) is 9.59 Å². The Hall–Kier alpha value is -2.05. The molecule has 0 aromatic carbocycles. The van der Waals surface area contributed by atoms with Crippen molar-refractivity contribution < 1.29 is 9.59 Å². The van der Waals surface area contributed by atoms with Crippen LogP contribution in [0, 0.1) is 5.92 Å². The van der Waals surface area contributed by atoms with E-state index in [4.69, 9.17) is 0 Å². The van der Waals surface area contributed by atoms with E-state index in [1.807, 2.05) is 11.1 Å². The van der Waals surface area contributed by atoms with Gasteiger partial charge in [0.25, 0.3) is 0 Å². The molecule has 7 heteroatoms. The number of carbonyl (C=O) groups excluding carboxylic acids is 2. The number of likely N-dealkylation sites (tertiary alicyclic amines) is 1. The third-order valence-electron chi connectivity index (χ3n) is 4.12. The highest BCUT2D eigenvalue weighted by molar-refractivity contribution is 5.89. The summed E-state index contributed by atoms with van der Waals surface area (Å²) in [7, 11) is 0. The lowest BCUT2D eigenvalue weighted by Crippen LogP contribution is -2.34. The van der Waals surface area contributed by atoms with E-state index in [0.717, 1.165) is 32.4 Å². The molecule has 3 amide bonds. The summed E-state index contributed by atoms with van der Waals surface area (Å²) in [5, 5.41) is 9.78. The zero-order valence-electron chi connectivity index (χ0n) is 12.9. The first kappa shape index (κ1) is 14.9. The van der Waals surface area contributed by atoms with Crippen molar-refractivity contribution in [1.29, 1.82) is 0 Å². The van der Waals surface area contributed by atoms with E-state index in [0.29, 0.717) is 24.7 Å². The molecule has 0 radical (unpaired) electrons. The molecule has 1 aliphatic heterocycles. The van der Waals surface area contributed by atoms with Gasteiger partial charge in [0, 0.05) is 44.2 Å². The van der Waals surface area contributed by atoms with Crippen LogP contribution in [0.5, 0.6) is 0 Å². The molecule has 1 aliphatic carbocycles. The van der Waals surface area contributed by atoms with Gasteiger partial charge in [0.2, 0.25) is 5.91 Å². The van der Waals surface area contributed by atoms with Crippen LogP contribution in [0.3, 0.4) is 0 Å². The predicted octanol–water partition coefficient (Wildman–Crippen LogP) is 1.43. The first-order valence-electron chi connectivity index (χ1n) is 8.02. The lowest BCUT2D eigenvalue weighted by atomic mass is 10.1. The largest absolute Gasteiger partial charge is 0.339 e. The Labute approximate surface area is 130 Å². The van der Waals surface area contributed by atoms with E-state index < -0.39 is 0 Å². The van der Waals surface area contributed by atoms with Crippen molar-refractivity contribution in [3.05, 3.63) is 12.4 Å². The lowest BCUT2D eigenvalue weighted by Gasteiger charge is -2.15. The molecule has 0 spiro atoms. The minimum absolute atomic E-state index is 0.224. The van der Waals surface area contributed by atoms with Crippen LogP contribution in [-0.4, -0.2) is 45.8 Å². The van der Waals surface area contributed by atoms with Crippen LogP contribution in [0.15, 0.2) is 12.4 Å². The SMILES string of the molecule is CCCn1cc(NC(=O)NC[C@@H]2CC(=O)N(C3CC3)C2)cn1. The van der Waals surface area contributed by atoms with Crippen molar-refractivity contribution in [2.75, 3.05) is 18.4 Å². The number of nitrogens with zero attached hydrogens (tertiary/aromatic N) is 3. The molecule has 2 N–H and O–H groups in total. The van der Waals surface area contributed by atoms with Gasteiger partial charge in [-0.25, -0.2) is 4.79 Å².